The first-order chi connectivity index (χ1) is 15.3. The van der Waals surface area contributed by atoms with Gasteiger partial charge in [-0.25, -0.2) is 9.18 Å². The van der Waals surface area contributed by atoms with Crippen molar-refractivity contribution in [1.82, 2.24) is 14.3 Å². The zero-order valence-electron chi connectivity index (χ0n) is 18.7. The van der Waals surface area contributed by atoms with E-state index in [1.54, 1.807) is 17.9 Å². The van der Waals surface area contributed by atoms with E-state index in [0.29, 0.717) is 24.2 Å². The fraction of sp³-hybridized carbons (Fsp3) is 0.375. The van der Waals surface area contributed by atoms with Gasteiger partial charge in [0.25, 0.3) is 5.91 Å². The van der Waals surface area contributed by atoms with Gasteiger partial charge in [0.05, 0.1) is 0 Å². The number of aryl methyl sites for hydroxylation is 1. The first-order valence-corrected chi connectivity index (χ1v) is 10.8. The molecule has 0 spiro atoms. The highest BCUT2D eigenvalue weighted by atomic mass is 19.1. The van der Waals surface area contributed by atoms with E-state index in [4.69, 9.17) is 0 Å². The maximum Gasteiger partial charge on any atom is 0.350 e. The third-order valence-electron chi connectivity index (χ3n) is 6.21. The van der Waals surface area contributed by atoms with Crippen LogP contribution in [-0.2, 0) is 13.2 Å². The van der Waals surface area contributed by atoms with E-state index < -0.39 is 18.1 Å². The van der Waals surface area contributed by atoms with Crippen molar-refractivity contribution in [2.24, 2.45) is 5.92 Å². The molecule has 1 aliphatic heterocycles. The van der Waals surface area contributed by atoms with Crippen molar-refractivity contribution < 1.29 is 14.3 Å². The maximum absolute atomic E-state index is 15.3. The van der Waals surface area contributed by atoms with Crippen LogP contribution < -0.4 is 10.6 Å². The molecule has 0 saturated heterocycles. The lowest BCUT2D eigenvalue weighted by Crippen LogP contribution is -2.42. The van der Waals surface area contributed by atoms with Gasteiger partial charge in [-0.3, -0.25) is 9.36 Å². The molecule has 32 heavy (non-hydrogen) atoms. The molecule has 168 valence electrons. The number of carbonyl (C=O) groups excluding carboxylic acids is 1. The molecule has 2 heterocycles. The van der Waals surface area contributed by atoms with Crippen LogP contribution in [0.5, 0.6) is 0 Å². The van der Waals surface area contributed by atoms with Gasteiger partial charge in [-0.05, 0) is 49.1 Å². The number of rotatable bonds is 5. The van der Waals surface area contributed by atoms with Crippen molar-refractivity contribution in [2.45, 2.75) is 46.8 Å². The number of benzene rings is 2. The summed E-state index contributed by atoms with van der Waals surface area (Å²) in [5.41, 5.74) is 2.24. The molecule has 3 aromatic rings. The summed E-state index contributed by atoms with van der Waals surface area (Å²) in [6.07, 6.45) is 0. The Hall–Kier alpha value is -3.26. The average molecular weight is 439 g/mol. The Morgan fingerprint density at radius 1 is 1.19 bits per heavy atom. The molecule has 4 rings (SSSR count). The lowest BCUT2D eigenvalue weighted by atomic mass is 9.81. The molecular formula is C24H27FN4O3. The molecule has 0 bridgehead atoms. The largest absolute Gasteiger partial charge is 0.388 e. The van der Waals surface area contributed by atoms with Crippen molar-refractivity contribution in [1.29, 1.82) is 0 Å². The molecule has 1 unspecified atom stereocenters. The van der Waals surface area contributed by atoms with E-state index in [1.165, 1.54) is 10.6 Å². The number of nitrogens with zero attached hydrogens (tertiary/aromatic N) is 4. The van der Waals surface area contributed by atoms with Crippen molar-refractivity contribution in [3.63, 3.8) is 0 Å². The van der Waals surface area contributed by atoms with E-state index in [-0.39, 0.29) is 29.3 Å². The molecule has 0 radical (unpaired) electrons. The lowest BCUT2D eigenvalue weighted by Gasteiger charge is -2.37. The van der Waals surface area contributed by atoms with Gasteiger partial charge in [-0.1, -0.05) is 32.0 Å². The second kappa shape index (κ2) is 8.35. The summed E-state index contributed by atoms with van der Waals surface area (Å²) >= 11 is 0. The van der Waals surface area contributed by atoms with Gasteiger partial charge in [0.2, 0.25) is 0 Å². The average Bonchev–Trinajstić information content (AvgIpc) is 3.09. The molecule has 1 N–H and O–H groups in total. The topological polar surface area (TPSA) is 80.4 Å². The number of para-hydroxylation sites is 1. The number of aromatic nitrogens is 3. The summed E-state index contributed by atoms with van der Waals surface area (Å²) in [7, 11) is 0. The Labute approximate surface area is 185 Å². The summed E-state index contributed by atoms with van der Waals surface area (Å²) in [4.78, 5) is 27.9. The maximum atomic E-state index is 15.3. The molecular weight excluding hydrogens is 411 g/mol. The standard InChI is InChI=1S/C24H27FN4O3/c1-5-27-22(13-30)26-29(24(27)32)21-11-16-17(10-19(21)25)23(31)28(12-18(16)14(2)3)20-9-7-6-8-15(20)4/h6-11,14,18,30H,5,12-13H2,1-4H3. The minimum Gasteiger partial charge on any atom is -0.388 e. The number of halogens is 1. The monoisotopic (exact) mass is 438 g/mol. The van der Waals surface area contributed by atoms with Gasteiger partial charge < -0.3 is 10.0 Å². The molecule has 1 atom stereocenters. The van der Waals surface area contributed by atoms with E-state index in [1.807, 2.05) is 31.2 Å². The number of carbonyl (C=O) groups is 1. The van der Waals surface area contributed by atoms with Crippen LogP contribution in [0.3, 0.4) is 0 Å². The fourth-order valence-electron chi connectivity index (χ4n) is 4.43. The number of fused-ring (bicyclic) bond motifs is 1. The van der Waals surface area contributed by atoms with Crippen molar-refractivity contribution in [3.8, 4) is 5.69 Å². The molecule has 7 nitrogen and oxygen atoms in total. The summed E-state index contributed by atoms with van der Waals surface area (Å²) in [5, 5.41) is 13.6. The Morgan fingerprint density at radius 2 is 1.91 bits per heavy atom. The number of aliphatic hydroxyl groups is 1. The fourth-order valence-corrected chi connectivity index (χ4v) is 4.43. The van der Waals surface area contributed by atoms with Crippen molar-refractivity contribution >= 4 is 11.6 Å². The summed E-state index contributed by atoms with van der Waals surface area (Å²) in [5.74, 6) is -0.693. The van der Waals surface area contributed by atoms with Crippen LogP contribution in [0.4, 0.5) is 10.1 Å². The number of hydrogen-bond donors (Lipinski definition) is 1. The van der Waals surface area contributed by atoms with Gasteiger partial charge >= 0.3 is 5.69 Å². The quantitative estimate of drug-likeness (QED) is 0.662. The molecule has 0 saturated carbocycles. The number of aliphatic hydroxyl groups excluding tert-OH is 1. The third-order valence-corrected chi connectivity index (χ3v) is 6.21. The highest BCUT2D eigenvalue weighted by Crippen LogP contribution is 2.38. The number of hydrogen-bond acceptors (Lipinski definition) is 4. The SMILES string of the molecule is CCn1c(CO)nn(-c2cc3c(cc2F)C(=O)N(c2ccccc2C)CC3C(C)C)c1=O. The molecule has 1 aliphatic rings. The second-order valence-corrected chi connectivity index (χ2v) is 8.46. The van der Waals surface area contributed by atoms with Gasteiger partial charge in [0.15, 0.2) is 5.82 Å². The van der Waals surface area contributed by atoms with Crippen molar-refractivity contribution in [3.05, 3.63) is 75.2 Å². The summed E-state index contributed by atoms with van der Waals surface area (Å²) in [6, 6.07) is 10.4. The Kier molecular flexibility index (Phi) is 5.73. The molecule has 8 heteroatoms. The van der Waals surface area contributed by atoms with Crippen LogP contribution in [0.25, 0.3) is 5.69 Å². The van der Waals surface area contributed by atoms with Gasteiger partial charge in [-0.2, -0.15) is 4.68 Å². The Morgan fingerprint density at radius 3 is 2.50 bits per heavy atom. The molecule has 1 aromatic heterocycles. The second-order valence-electron chi connectivity index (χ2n) is 8.46. The minimum atomic E-state index is -0.710. The van der Waals surface area contributed by atoms with Gasteiger partial charge in [-0.15, -0.1) is 5.10 Å². The Bertz CT molecular complexity index is 1240. The zero-order chi connectivity index (χ0) is 23.2. The molecule has 2 aromatic carbocycles. The van der Waals surface area contributed by atoms with Crippen LogP contribution in [0.15, 0.2) is 41.2 Å². The number of anilines is 1. The van der Waals surface area contributed by atoms with E-state index >= 15 is 4.39 Å². The number of amides is 1. The van der Waals surface area contributed by atoms with E-state index in [9.17, 15) is 14.7 Å². The minimum absolute atomic E-state index is 0.0153. The molecule has 0 aliphatic carbocycles. The highest BCUT2D eigenvalue weighted by molar-refractivity contribution is 6.09. The molecule has 1 amide bonds. The van der Waals surface area contributed by atoms with E-state index in [2.05, 4.69) is 18.9 Å². The van der Waals surface area contributed by atoms with Crippen LogP contribution in [0.2, 0.25) is 0 Å². The lowest BCUT2D eigenvalue weighted by molar-refractivity contribution is 0.0973. The van der Waals surface area contributed by atoms with E-state index in [0.717, 1.165) is 15.9 Å². The zero-order valence-corrected chi connectivity index (χ0v) is 18.7. The summed E-state index contributed by atoms with van der Waals surface area (Å²) < 4.78 is 17.5. The first-order valence-electron chi connectivity index (χ1n) is 10.8. The summed E-state index contributed by atoms with van der Waals surface area (Å²) in [6.45, 7) is 8.15. The van der Waals surface area contributed by atoms with Crippen molar-refractivity contribution in [2.75, 3.05) is 11.4 Å². The van der Waals surface area contributed by atoms with Crippen LogP contribution >= 0.6 is 0 Å². The van der Waals surface area contributed by atoms with Gasteiger partial charge in [0.1, 0.15) is 18.1 Å². The highest BCUT2D eigenvalue weighted by Gasteiger charge is 2.35. The molecule has 0 fully saturated rings. The van der Waals surface area contributed by atoms with Crippen LogP contribution in [0.1, 0.15) is 54.0 Å². The van der Waals surface area contributed by atoms with Gasteiger partial charge in [0, 0.05) is 30.3 Å². The normalized spacial score (nSPS) is 16.0. The van der Waals surface area contributed by atoms with Crippen LogP contribution in [0, 0.1) is 18.7 Å². The Balaban J connectivity index is 1.89. The predicted octanol–water partition coefficient (Wildman–Crippen LogP) is 3.39. The predicted molar refractivity (Wildman–Crippen MR) is 120 cm³/mol. The first kappa shape index (κ1) is 22.0. The smallest absolute Gasteiger partial charge is 0.350 e. The third kappa shape index (κ3) is 3.44. The van der Waals surface area contributed by atoms with Crippen LogP contribution in [-0.4, -0.2) is 31.9 Å².